The molecule has 0 aromatic heterocycles. The minimum Gasteiger partial charge on any atom is -0.480 e. The van der Waals surface area contributed by atoms with Crippen molar-refractivity contribution in [3.05, 3.63) is 35.9 Å². The first-order chi connectivity index (χ1) is 16.2. The first kappa shape index (κ1) is 24.7. The third-order valence-electron chi connectivity index (χ3n) is 5.64. The molecule has 2 heterocycles. The third kappa shape index (κ3) is 6.53. The Labute approximate surface area is 195 Å². The van der Waals surface area contributed by atoms with E-state index in [4.69, 9.17) is 5.11 Å². The summed E-state index contributed by atoms with van der Waals surface area (Å²) in [6, 6.07) is 6.91. The van der Waals surface area contributed by atoms with Crippen LogP contribution in [-0.2, 0) is 35.2 Å². The fourth-order valence-corrected chi connectivity index (χ4v) is 4.03. The molecule has 2 saturated heterocycles. The number of hydrogen-bond acceptors (Lipinski definition) is 6. The van der Waals surface area contributed by atoms with Crippen molar-refractivity contribution < 1.29 is 33.9 Å². The minimum absolute atomic E-state index is 0.0768. The van der Waals surface area contributed by atoms with Crippen LogP contribution in [0.15, 0.2) is 30.3 Å². The van der Waals surface area contributed by atoms with Crippen molar-refractivity contribution in [3.63, 3.8) is 0 Å². The summed E-state index contributed by atoms with van der Waals surface area (Å²) in [4.78, 5) is 74.0. The number of carbonyl (C=O) groups excluding carboxylic acids is 5. The van der Waals surface area contributed by atoms with Crippen molar-refractivity contribution in [1.29, 1.82) is 0 Å². The van der Waals surface area contributed by atoms with Crippen molar-refractivity contribution in [1.82, 2.24) is 26.2 Å². The average Bonchev–Trinajstić information content (AvgIpc) is 3.06. The third-order valence-corrected chi connectivity index (χ3v) is 5.64. The molecular formula is C22H27N5O7. The summed E-state index contributed by atoms with van der Waals surface area (Å²) in [6.45, 7) is -1.06. The van der Waals surface area contributed by atoms with Crippen LogP contribution in [0.5, 0.6) is 0 Å². The fraction of sp³-hybridized carbons (Fsp3) is 0.455. The number of carbonyl (C=O) groups is 6. The lowest BCUT2D eigenvalue weighted by Gasteiger charge is -2.29. The molecule has 5 amide bonds. The number of rotatable bonds is 9. The van der Waals surface area contributed by atoms with Gasteiger partial charge in [0.05, 0.1) is 6.54 Å². The van der Waals surface area contributed by atoms with Gasteiger partial charge in [-0.1, -0.05) is 30.3 Å². The van der Waals surface area contributed by atoms with E-state index < -0.39 is 55.0 Å². The maximum absolute atomic E-state index is 12.8. The summed E-state index contributed by atoms with van der Waals surface area (Å²) in [5.74, 6) is -3.61. The quantitative estimate of drug-likeness (QED) is 0.283. The second-order valence-electron chi connectivity index (χ2n) is 8.12. The molecule has 12 heteroatoms. The van der Waals surface area contributed by atoms with Crippen molar-refractivity contribution in [2.75, 3.05) is 13.1 Å². The normalized spacial score (nSPS) is 20.4. The van der Waals surface area contributed by atoms with Gasteiger partial charge >= 0.3 is 5.97 Å². The Morgan fingerprint density at radius 2 is 1.76 bits per heavy atom. The Kier molecular flexibility index (Phi) is 8.17. The van der Waals surface area contributed by atoms with Crippen molar-refractivity contribution in [2.24, 2.45) is 0 Å². The molecule has 3 atom stereocenters. The smallest absolute Gasteiger partial charge is 0.322 e. The topological polar surface area (TPSA) is 174 Å². The number of nitrogens with one attached hydrogen (secondary N) is 4. The van der Waals surface area contributed by atoms with Gasteiger partial charge in [-0.25, -0.2) is 0 Å². The molecule has 1 aromatic rings. The van der Waals surface area contributed by atoms with Gasteiger partial charge in [0, 0.05) is 19.3 Å². The lowest BCUT2D eigenvalue weighted by Crippen LogP contribution is -2.55. The second kappa shape index (κ2) is 11.3. The van der Waals surface area contributed by atoms with Crippen LogP contribution in [-0.4, -0.2) is 76.9 Å². The summed E-state index contributed by atoms with van der Waals surface area (Å²) < 4.78 is 0. The highest BCUT2D eigenvalue weighted by Gasteiger charge is 2.42. The standard InChI is InChI=1S/C22H27N5O7/c28-17-8-6-15(27-16(26-17)7-9-19(27)30)22(34)23-11-18(29)25-14(21(33)24-12-20(31)32)10-13-4-2-1-3-5-13/h1-5,14-16H,6-12H2,(H,23,34)(H,24,33)(H,25,29)(H,26,28)(H,31,32)/t14-,15-,16+/m0/s1. The number of fused-ring (bicyclic) bond motifs is 1. The van der Waals surface area contributed by atoms with E-state index in [1.807, 2.05) is 0 Å². The molecule has 2 fully saturated rings. The van der Waals surface area contributed by atoms with Gasteiger partial charge in [-0.15, -0.1) is 0 Å². The highest BCUT2D eigenvalue weighted by atomic mass is 16.4. The number of aliphatic carboxylic acids is 1. The van der Waals surface area contributed by atoms with Crippen LogP contribution < -0.4 is 21.3 Å². The molecule has 182 valence electrons. The van der Waals surface area contributed by atoms with E-state index in [-0.39, 0.29) is 37.5 Å². The van der Waals surface area contributed by atoms with Gasteiger partial charge < -0.3 is 31.3 Å². The molecule has 0 saturated carbocycles. The molecule has 0 aliphatic carbocycles. The molecule has 12 nitrogen and oxygen atoms in total. The SMILES string of the molecule is O=C(O)CNC(=O)[C@H](Cc1ccccc1)NC(=O)CNC(=O)[C@@H]1CCC(=O)N[C@H]2CCC(=O)N21. The van der Waals surface area contributed by atoms with Crippen molar-refractivity contribution in [2.45, 2.75) is 50.4 Å². The van der Waals surface area contributed by atoms with E-state index in [0.717, 1.165) is 5.56 Å². The lowest BCUT2D eigenvalue weighted by atomic mass is 10.1. The Morgan fingerprint density at radius 1 is 1.03 bits per heavy atom. The number of carboxylic acid groups (broad SMARTS) is 1. The molecule has 0 bridgehead atoms. The Bertz CT molecular complexity index is 968. The number of hydrogen-bond donors (Lipinski definition) is 5. The molecule has 0 spiro atoms. The summed E-state index contributed by atoms with van der Waals surface area (Å²) in [6.07, 6.45) is 0.430. The van der Waals surface area contributed by atoms with Gasteiger partial charge in [0.1, 0.15) is 24.8 Å². The summed E-state index contributed by atoms with van der Waals surface area (Å²) >= 11 is 0. The van der Waals surface area contributed by atoms with Gasteiger partial charge in [0.2, 0.25) is 29.5 Å². The predicted octanol–water partition coefficient (Wildman–Crippen LogP) is -1.74. The molecular weight excluding hydrogens is 446 g/mol. The van der Waals surface area contributed by atoms with E-state index in [1.54, 1.807) is 30.3 Å². The maximum atomic E-state index is 12.8. The number of benzene rings is 1. The van der Waals surface area contributed by atoms with Crippen LogP contribution in [0.25, 0.3) is 0 Å². The van der Waals surface area contributed by atoms with Crippen LogP contribution in [0, 0.1) is 0 Å². The van der Waals surface area contributed by atoms with Crippen LogP contribution in [0.2, 0.25) is 0 Å². The van der Waals surface area contributed by atoms with Gasteiger partial charge in [0.25, 0.3) is 0 Å². The monoisotopic (exact) mass is 473 g/mol. The molecule has 5 N–H and O–H groups in total. The first-order valence-electron chi connectivity index (χ1n) is 11.0. The van der Waals surface area contributed by atoms with E-state index in [2.05, 4.69) is 21.3 Å². The molecule has 2 aliphatic heterocycles. The van der Waals surface area contributed by atoms with Crippen LogP contribution in [0.1, 0.15) is 31.2 Å². The lowest BCUT2D eigenvalue weighted by molar-refractivity contribution is -0.140. The zero-order chi connectivity index (χ0) is 24.7. The Morgan fingerprint density at radius 3 is 2.47 bits per heavy atom. The maximum Gasteiger partial charge on any atom is 0.322 e. The predicted molar refractivity (Wildman–Crippen MR) is 117 cm³/mol. The molecule has 2 aliphatic rings. The Balaban J connectivity index is 1.60. The largest absolute Gasteiger partial charge is 0.480 e. The van der Waals surface area contributed by atoms with Crippen LogP contribution in [0.4, 0.5) is 0 Å². The molecule has 3 rings (SSSR count). The first-order valence-corrected chi connectivity index (χ1v) is 11.0. The van der Waals surface area contributed by atoms with Crippen LogP contribution >= 0.6 is 0 Å². The molecule has 1 aromatic carbocycles. The van der Waals surface area contributed by atoms with Gasteiger partial charge in [-0.3, -0.25) is 28.8 Å². The summed E-state index contributed by atoms with van der Waals surface area (Å²) in [5, 5.41) is 18.8. The summed E-state index contributed by atoms with van der Waals surface area (Å²) in [5.41, 5.74) is 0.747. The zero-order valence-electron chi connectivity index (χ0n) is 18.4. The molecule has 0 radical (unpaired) electrons. The summed E-state index contributed by atoms with van der Waals surface area (Å²) in [7, 11) is 0. The number of nitrogens with zero attached hydrogens (tertiary/aromatic N) is 1. The Hall–Kier alpha value is -3.96. The highest BCUT2D eigenvalue weighted by molar-refractivity contribution is 5.94. The number of carboxylic acids is 1. The second-order valence-corrected chi connectivity index (χ2v) is 8.12. The minimum atomic E-state index is -1.23. The van der Waals surface area contributed by atoms with Crippen molar-refractivity contribution >= 4 is 35.5 Å². The van der Waals surface area contributed by atoms with Gasteiger partial charge in [-0.2, -0.15) is 0 Å². The molecule has 34 heavy (non-hydrogen) atoms. The van der Waals surface area contributed by atoms with Gasteiger partial charge in [-0.05, 0) is 18.4 Å². The van der Waals surface area contributed by atoms with Gasteiger partial charge in [0.15, 0.2) is 0 Å². The fourth-order valence-electron chi connectivity index (χ4n) is 4.03. The van der Waals surface area contributed by atoms with E-state index in [1.165, 1.54) is 4.90 Å². The van der Waals surface area contributed by atoms with E-state index >= 15 is 0 Å². The zero-order valence-corrected chi connectivity index (χ0v) is 18.4. The van der Waals surface area contributed by atoms with E-state index in [9.17, 15) is 28.8 Å². The van der Waals surface area contributed by atoms with E-state index in [0.29, 0.717) is 6.42 Å². The van der Waals surface area contributed by atoms with Crippen LogP contribution in [0.3, 0.4) is 0 Å². The average molecular weight is 473 g/mol. The molecule has 0 unspecified atom stereocenters. The number of amides is 5. The van der Waals surface area contributed by atoms with Crippen molar-refractivity contribution in [3.8, 4) is 0 Å². The highest BCUT2D eigenvalue weighted by Crippen LogP contribution is 2.25.